The van der Waals surface area contributed by atoms with Gasteiger partial charge in [-0.1, -0.05) is 11.6 Å². The second-order valence-electron chi connectivity index (χ2n) is 3.22. The first-order valence-corrected chi connectivity index (χ1v) is 4.77. The number of aryl methyl sites for hydroxylation is 1. The molecular weight excluding hydrogens is 200 g/mol. The average molecular weight is 211 g/mol. The fourth-order valence-corrected chi connectivity index (χ4v) is 2.01. The van der Waals surface area contributed by atoms with Crippen molar-refractivity contribution < 1.29 is 4.74 Å². The quantitative estimate of drug-likeness (QED) is 0.569. The van der Waals surface area contributed by atoms with E-state index in [0.717, 1.165) is 24.1 Å². The molecule has 1 aromatic rings. The number of nitrogens with two attached hydrogens (primary N) is 1. The first kappa shape index (κ1) is 9.34. The second kappa shape index (κ2) is 3.50. The minimum atomic E-state index is 0.643. The van der Waals surface area contributed by atoms with Gasteiger partial charge in [0.2, 0.25) is 0 Å². The predicted molar refractivity (Wildman–Crippen MR) is 57.0 cm³/mol. The second-order valence-corrected chi connectivity index (χ2v) is 3.63. The Hall–Kier alpha value is -1.22. The number of hydrogen-bond donors (Lipinski definition) is 1. The standard InChI is InChI=1S/C10H11ClN2O/c1-14-10-5-7-6(4-8(10)11)2-3-9(7)13-12/h4-5H,2-3,12H2,1H3. The molecule has 14 heavy (non-hydrogen) atoms. The van der Waals surface area contributed by atoms with Crippen LogP contribution in [0.25, 0.3) is 0 Å². The molecule has 0 bridgehead atoms. The molecule has 0 heterocycles. The predicted octanol–water partition coefficient (Wildman–Crippen LogP) is 1.96. The summed E-state index contributed by atoms with van der Waals surface area (Å²) in [6, 6.07) is 3.82. The summed E-state index contributed by atoms with van der Waals surface area (Å²) < 4.78 is 5.14. The molecule has 0 amide bonds. The van der Waals surface area contributed by atoms with Crippen molar-refractivity contribution in [1.29, 1.82) is 0 Å². The van der Waals surface area contributed by atoms with Crippen molar-refractivity contribution in [2.45, 2.75) is 12.8 Å². The van der Waals surface area contributed by atoms with E-state index in [-0.39, 0.29) is 0 Å². The highest BCUT2D eigenvalue weighted by Crippen LogP contribution is 2.32. The molecule has 1 aliphatic carbocycles. The lowest BCUT2D eigenvalue weighted by atomic mass is 10.1. The highest BCUT2D eigenvalue weighted by molar-refractivity contribution is 6.32. The van der Waals surface area contributed by atoms with E-state index < -0.39 is 0 Å². The normalized spacial score (nSPS) is 17.1. The Bertz CT molecular complexity index is 401. The highest BCUT2D eigenvalue weighted by Gasteiger charge is 2.19. The van der Waals surface area contributed by atoms with Gasteiger partial charge >= 0.3 is 0 Å². The van der Waals surface area contributed by atoms with Gasteiger partial charge in [-0.3, -0.25) is 0 Å². The van der Waals surface area contributed by atoms with Crippen molar-refractivity contribution in [3.05, 3.63) is 28.3 Å². The van der Waals surface area contributed by atoms with Gasteiger partial charge in [0.05, 0.1) is 17.8 Å². The molecule has 2 N–H and O–H groups in total. The van der Waals surface area contributed by atoms with Crippen LogP contribution in [0.4, 0.5) is 0 Å². The highest BCUT2D eigenvalue weighted by atomic mass is 35.5. The molecule has 2 rings (SSSR count). The van der Waals surface area contributed by atoms with Gasteiger partial charge < -0.3 is 10.6 Å². The molecule has 74 valence electrons. The van der Waals surface area contributed by atoms with Crippen LogP contribution in [-0.2, 0) is 6.42 Å². The number of hydrazone groups is 1. The molecule has 0 spiro atoms. The van der Waals surface area contributed by atoms with E-state index in [2.05, 4.69) is 5.10 Å². The average Bonchev–Trinajstić information content (AvgIpc) is 2.58. The van der Waals surface area contributed by atoms with E-state index in [0.29, 0.717) is 10.8 Å². The smallest absolute Gasteiger partial charge is 0.138 e. The van der Waals surface area contributed by atoms with Crippen LogP contribution in [0, 0.1) is 0 Å². The fourth-order valence-electron chi connectivity index (χ4n) is 1.75. The van der Waals surface area contributed by atoms with Crippen LogP contribution in [0.2, 0.25) is 5.02 Å². The van der Waals surface area contributed by atoms with Gasteiger partial charge in [-0.25, -0.2) is 0 Å². The molecule has 0 unspecified atom stereocenters. The molecule has 0 atom stereocenters. The Morgan fingerprint density at radius 2 is 2.21 bits per heavy atom. The third kappa shape index (κ3) is 1.34. The van der Waals surface area contributed by atoms with Crippen molar-refractivity contribution in [3.8, 4) is 5.75 Å². The van der Waals surface area contributed by atoms with Crippen molar-refractivity contribution in [3.63, 3.8) is 0 Å². The summed E-state index contributed by atoms with van der Waals surface area (Å²) in [6.45, 7) is 0. The maximum atomic E-state index is 6.00. The number of hydrogen-bond acceptors (Lipinski definition) is 3. The first-order valence-electron chi connectivity index (χ1n) is 4.39. The number of benzene rings is 1. The van der Waals surface area contributed by atoms with Crippen LogP contribution in [0.5, 0.6) is 5.75 Å². The Morgan fingerprint density at radius 1 is 1.43 bits per heavy atom. The molecule has 0 saturated heterocycles. The third-order valence-corrected chi connectivity index (χ3v) is 2.77. The summed E-state index contributed by atoms with van der Waals surface area (Å²) in [4.78, 5) is 0. The zero-order chi connectivity index (χ0) is 10.1. The Balaban J connectivity index is 2.56. The van der Waals surface area contributed by atoms with E-state index in [1.807, 2.05) is 12.1 Å². The van der Waals surface area contributed by atoms with Crippen molar-refractivity contribution in [1.82, 2.24) is 0 Å². The minimum absolute atomic E-state index is 0.643. The van der Waals surface area contributed by atoms with E-state index in [9.17, 15) is 0 Å². The molecular formula is C10H11ClN2O. The number of nitrogens with zero attached hydrogens (tertiary/aromatic N) is 1. The van der Waals surface area contributed by atoms with Crippen molar-refractivity contribution in [2.75, 3.05) is 7.11 Å². The Labute approximate surface area is 87.5 Å². The molecule has 4 heteroatoms. The van der Waals surface area contributed by atoms with Gasteiger partial charge in [0.25, 0.3) is 0 Å². The number of methoxy groups -OCH3 is 1. The molecule has 0 radical (unpaired) electrons. The molecule has 0 fully saturated rings. The molecule has 3 nitrogen and oxygen atoms in total. The number of halogens is 1. The topological polar surface area (TPSA) is 47.6 Å². The minimum Gasteiger partial charge on any atom is -0.495 e. The zero-order valence-electron chi connectivity index (χ0n) is 7.88. The monoisotopic (exact) mass is 210 g/mol. The Morgan fingerprint density at radius 3 is 2.86 bits per heavy atom. The molecule has 1 aromatic carbocycles. The van der Waals surface area contributed by atoms with Crippen LogP contribution in [0.3, 0.4) is 0 Å². The SMILES string of the molecule is COc1cc2c(cc1Cl)CCC2=NN. The first-order chi connectivity index (χ1) is 6.76. The lowest BCUT2D eigenvalue weighted by molar-refractivity contribution is 0.415. The summed E-state index contributed by atoms with van der Waals surface area (Å²) in [6.07, 6.45) is 1.84. The fraction of sp³-hybridized carbons (Fsp3) is 0.300. The molecule has 1 aliphatic rings. The summed E-state index contributed by atoms with van der Waals surface area (Å²) in [5.41, 5.74) is 3.18. The van der Waals surface area contributed by atoms with Crippen LogP contribution < -0.4 is 10.6 Å². The molecule has 0 saturated carbocycles. The van der Waals surface area contributed by atoms with Crippen LogP contribution >= 0.6 is 11.6 Å². The van der Waals surface area contributed by atoms with Gasteiger partial charge in [-0.15, -0.1) is 0 Å². The number of fused-ring (bicyclic) bond motifs is 1. The maximum Gasteiger partial charge on any atom is 0.138 e. The van der Waals surface area contributed by atoms with E-state index in [1.54, 1.807) is 7.11 Å². The van der Waals surface area contributed by atoms with Gasteiger partial charge in [0.15, 0.2) is 0 Å². The van der Waals surface area contributed by atoms with Crippen LogP contribution in [-0.4, -0.2) is 12.8 Å². The van der Waals surface area contributed by atoms with E-state index >= 15 is 0 Å². The lowest BCUT2D eigenvalue weighted by Gasteiger charge is -2.06. The van der Waals surface area contributed by atoms with Crippen molar-refractivity contribution >= 4 is 17.3 Å². The van der Waals surface area contributed by atoms with Crippen molar-refractivity contribution in [2.24, 2.45) is 10.9 Å². The Kier molecular flexibility index (Phi) is 2.33. The van der Waals surface area contributed by atoms with Gasteiger partial charge in [0, 0.05) is 5.56 Å². The summed E-state index contributed by atoms with van der Waals surface area (Å²) in [5.74, 6) is 5.97. The van der Waals surface area contributed by atoms with Crippen LogP contribution in [0.15, 0.2) is 17.2 Å². The maximum absolute atomic E-state index is 6.00. The van der Waals surface area contributed by atoms with Crippen LogP contribution in [0.1, 0.15) is 17.5 Å². The summed E-state index contributed by atoms with van der Waals surface area (Å²) in [5, 5.41) is 4.40. The lowest BCUT2D eigenvalue weighted by Crippen LogP contribution is -1.99. The van der Waals surface area contributed by atoms with E-state index in [1.165, 1.54) is 5.56 Å². The van der Waals surface area contributed by atoms with E-state index in [4.69, 9.17) is 22.2 Å². The molecule has 0 aromatic heterocycles. The number of ether oxygens (including phenoxy) is 1. The summed E-state index contributed by atoms with van der Waals surface area (Å²) in [7, 11) is 1.60. The van der Waals surface area contributed by atoms with Gasteiger partial charge in [0.1, 0.15) is 5.75 Å². The number of rotatable bonds is 1. The van der Waals surface area contributed by atoms with Gasteiger partial charge in [-0.05, 0) is 30.5 Å². The largest absolute Gasteiger partial charge is 0.495 e. The third-order valence-electron chi connectivity index (χ3n) is 2.48. The summed E-state index contributed by atoms with van der Waals surface area (Å²) >= 11 is 6.00. The molecule has 0 aliphatic heterocycles. The zero-order valence-corrected chi connectivity index (χ0v) is 8.64. The van der Waals surface area contributed by atoms with Gasteiger partial charge in [-0.2, -0.15) is 5.10 Å².